The van der Waals surface area contributed by atoms with Gasteiger partial charge in [-0.1, -0.05) is 12.1 Å². The average Bonchev–Trinajstić information content (AvgIpc) is 2.37. The molecule has 0 saturated heterocycles. The Kier molecular flexibility index (Phi) is 10.2. The largest absolute Gasteiger partial charge is 0.508 e. The number of phenols is 1. The minimum absolute atomic E-state index is 0. The maximum atomic E-state index is 9.17. The average molecular weight is 393 g/mol. The maximum absolute atomic E-state index is 9.17. The summed E-state index contributed by atoms with van der Waals surface area (Å²) in [5.41, 5.74) is 6.94. The van der Waals surface area contributed by atoms with Gasteiger partial charge < -0.3 is 20.9 Å². The van der Waals surface area contributed by atoms with Gasteiger partial charge in [-0.05, 0) is 37.5 Å². The van der Waals surface area contributed by atoms with Crippen molar-refractivity contribution < 1.29 is 9.84 Å². The first-order valence-electron chi connectivity index (χ1n) is 6.45. The lowest BCUT2D eigenvalue weighted by Gasteiger charge is -2.12. The highest BCUT2D eigenvalue weighted by atomic mass is 127. The van der Waals surface area contributed by atoms with Gasteiger partial charge in [0.25, 0.3) is 0 Å². The van der Waals surface area contributed by atoms with E-state index in [4.69, 9.17) is 10.5 Å². The second kappa shape index (κ2) is 10.7. The molecule has 0 spiro atoms. The molecule has 20 heavy (non-hydrogen) atoms. The van der Waals surface area contributed by atoms with Crippen LogP contribution in [0, 0.1) is 0 Å². The minimum Gasteiger partial charge on any atom is -0.508 e. The summed E-state index contributed by atoms with van der Waals surface area (Å²) >= 11 is 0. The molecule has 0 amide bonds. The number of nitrogens with one attached hydrogen (secondary N) is 1. The molecule has 1 unspecified atom stereocenters. The molecule has 1 aromatic rings. The van der Waals surface area contributed by atoms with Gasteiger partial charge in [-0.25, -0.2) is 0 Å². The van der Waals surface area contributed by atoms with Crippen molar-refractivity contribution in [2.24, 2.45) is 10.7 Å². The Balaban J connectivity index is 0.00000361. The van der Waals surface area contributed by atoms with E-state index in [0.717, 1.165) is 12.8 Å². The van der Waals surface area contributed by atoms with Gasteiger partial charge in [-0.15, -0.1) is 24.0 Å². The van der Waals surface area contributed by atoms with Crippen LogP contribution >= 0.6 is 24.0 Å². The Morgan fingerprint density at radius 1 is 1.40 bits per heavy atom. The van der Waals surface area contributed by atoms with Crippen molar-refractivity contribution in [3.05, 3.63) is 29.8 Å². The van der Waals surface area contributed by atoms with Gasteiger partial charge in [-0.2, -0.15) is 0 Å². The molecule has 0 aliphatic carbocycles. The lowest BCUT2D eigenvalue weighted by Crippen LogP contribution is -2.40. The van der Waals surface area contributed by atoms with Crippen molar-refractivity contribution in [1.29, 1.82) is 0 Å². The van der Waals surface area contributed by atoms with Gasteiger partial charge >= 0.3 is 0 Å². The number of hydrogen-bond acceptors (Lipinski definition) is 3. The normalized spacial score (nSPS) is 12.6. The molecule has 0 saturated carbocycles. The van der Waals surface area contributed by atoms with Crippen molar-refractivity contribution in [3.8, 4) is 5.75 Å². The summed E-state index contributed by atoms with van der Waals surface area (Å²) in [5, 5.41) is 12.2. The summed E-state index contributed by atoms with van der Waals surface area (Å²) in [7, 11) is 1.66. The van der Waals surface area contributed by atoms with E-state index in [9.17, 15) is 5.11 Å². The van der Waals surface area contributed by atoms with Gasteiger partial charge in [0.15, 0.2) is 5.96 Å². The smallest absolute Gasteiger partial charge is 0.188 e. The van der Waals surface area contributed by atoms with E-state index in [2.05, 4.69) is 10.3 Å². The molecule has 0 aliphatic rings. The lowest BCUT2D eigenvalue weighted by atomic mass is 10.1. The van der Waals surface area contributed by atoms with Crippen LogP contribution in [0.25, 0.3) is 0 Å². The van der Waals surface area contributed by atoms with Crippen LogP contribution in [0.3, 0.4) is 0 Å². The number of halogens is 1. The predicted octanol–water partition coefficient (Wildman–Crippen LogP) is 1.88. The Bertz CT molecular complexity index is 396. The number of benzene rings is 1. The second-order valence-corrected chi connectivity index (χ2v) is 4.54. The van der Waals surface area contributed by atoms with Gasteiger partial charge in [0, 0.05) is 19.7 Å². The topological polar surface area (TPSA) is 79.9 Å². The molecule has 0 heterocycles. The third-order valence-corrected chi connectivity index (χ3v) is 2.65. The molecule has 0 aromatic heterocycles. The fraction of sp³-hybridized carbons (Fsp3) is 0.500. The number of aromatic hydroxyl groups is 1. The number of nitrogens with zero attached hydrogens (tertiary/aromatic N) is 1. The second-order valence-electron chi connectivity index (χ2n) is 4.54. The quantitative estimate of drug-likeness (QED) is 0.286. The van der Waals surface area contributed by atoms with Crippen molar-refractivity contribution in [2.45, 2.75) is 25.8 Å². The van der Waals surface area contributed by atoms with Gasteiger partial charge in [0.1, 0.15) is 5.75 Å². The Hall–Kier alpha value is -1.02. The summed E-state index contributed by atoms with van der Waals surface area (Å²) in [6.07, 6.45) is 1.84. The van der Waals surface area contributed by atoms with Crippen LogP contribution in [-0.2, 0) is 11.2 Å². The molecule has 1 atom stereocenters. The molecule has 0 bridgehead atoms. The fourth-order valence-corrected chi connectivity index (χ4v) is 1.74. The standard InChI is InChI=1S/C14H23N3O2.HI/c1-11(10-19-2)17-14(15)16-9-3-4-12-5-7-13(18)8-6-12;/h5-8,11,18H,3-4,9-10H2,1-2H3,(H3,15,16,17);1H. The zero-order valence-electron chi connectivity index (χ0n) is 12.0. The molecule has 1 rings (SSSR count). The molecule has 4 N–H and O–H groups in total. The van der Waals surface area contributed by atoms with E-state index in [1.807, 2.05) is 19.1 Å². The third-order valence-electron chi connectivity index (χ3n) is 2.65. The number of aryl methyl sites for hydroxylation is 1. The van der Waals surface area contributed by atoms with E-state index in [0.29, 0.717) is 24.9 Å². The van der Waals surface area contributed by atoms with Crippen LogP contribution in [0.5, 0.6) is 5.75 Å². The molecule has 0 radical (unpaired) electrons. The zero-order chi connectivity index (χ0) is 14.1. The molecule has 6 heteroatoms. The highest BCUT2D eigenvalue weighted by Gasteiger charge is 2.01. The summed E-state index contributed by atoms with van der Waals surface area (Å²) in [5.74, 6) is 0.748. The van der Waals surface area contributed by atoms with E-state index in [1.54, 1.807) is 19.2 Å². The zero-order valence-corrected chi connectivity index (χ0v) is 14.3. The first kappa shape index (κ1) is 19.0. The van der Waals surface area contributed by atoms with Crippen molar-refractivity contribution in [1.82, 2.24) is 5.32 Å². The van der Waals surface area contributed by atoms with Crippen molar-refractivity contribution in [3.63, 3.8) is 0 Å². The van der Waals surface area contributed by atoms with Crippen LogP contribution in [0.4, 0.5) is 0 Å². The van der Waals surface area contributed by atoms with Crippen LogP contribution in [-0.4, -0.2) is 37.4 Å². The highest BCUT2D eigenvalue weighted by molar-refractivity contribution is 14.0. The number of hydrogen-bond donors (Lipinski definition) is 3. The maximum Gasteiger partial charge on any atom is 0.188 e. The van der Waals surface area contributed by atoms with E-state index in [-0.39, 0.29) is 30.0 Å². The van der Waals surface area contributed by atoms with Crippen LogP contribution in [0.15, 0.2) is 29.3 Å². The van der Waals surface area contributed by atoms with Crippen LogP contribution < -0.4 is 11.1 Å². The summed E-state index contributed by atoms with van der Waals surface area (Å²) in [6.45, 7) is 3.27. The minimum atomic E-state index is 0. The van der Waals surface area contributed by atoms with E-state index < -0.39 is 0 Å². The Labute approximate surface area is 137 Å². The van der Waals surface area contributed by atoms with Gasteiger partial charge in [-0.3, -0.25) is 4.99 Å². The third kappa shape index (κ3) is 8.21. The number of rotatable bonds is 7. The number of guanidine groups is 1. The molecular formula is C14H24IN3O2. The number of ether oxygens (including phenoxy) is 1. The Morgan fingerprint density at radius 3 is 2.65 bits per heavy atom. The Morgan fingerprint density at radius 2 is 2.05 bits per heavy atom. The molecule has 0 aliphatic heterocycles. The number of nitrogens with two attached hydrogens (primary N) is 1. The fourth-order valence-electron chi connectivity index (χ4n) is 1.74. The SMILES string of the molecule is COCC(C)NC(N)=NCCCc1ccc(O)cc1.I. The molecule has 114 valence electrons. The first-order chi connectivity index (χ1) is 9.11. The van der Waals surface area contributed by atoms with Gasteiger partial charge in [0.2, 0.25) is 0 Å². The van der Waals surface area contributed by atoms with Crippen molar-refractivity contribution >= 4 is 29.9 Å². The number of aliphatic imine (C=N–C) groups is 1. The monoisotopic (exact) mass is 393 g/mol. The van der Waals surface area contributed by atoms with Crippen molar-refractivity contribution in [2.75, 3.05) is 20.3 Å². The number of methoxy groups -OCH3 is 1. The molecule has 1 aromatic carbocycles. The lowest BCUT2D eigenvalue weighted by molar-refractivity contribution is 0.179. The predicted molar refractivity (Wildman–Crippen MR) is 92.8 cm³/mol. The van der Waals surface area contributed by atoms with Crippen LogP contribution in [0.1, 0.15) is 18.9 Å². The number of phenolic OH excluding ortho intramolecular Hbond substituents is 1. The molecular weight excluding hydrogens is 369 g/mol. The molecule has 0 fully saturated rings. The van der Waals surface area contributed by atoms with Gasteiger partial charge in [0.05, 0.1) is 6.61 Å². The van der Waals surface area contributed by atoms with E-state index in [1.165, 1.54) is 5.56 Å². The van der Waals surface area contributed by atoms with Crippen LogP contribution in [0.2, 0.25) is 0 Å². The summed E-state index contributed by atoms with van der Waals surface area (Å²) in [6, 6.07) is 7.38. The van der Waals surface area contributed by atoms with E-state index >= 15 is 0 Å². The summed E-state index contributed by atoms with van der Waals surface area (Å²) in [4.78, 5) is 4.26. The summed E-state index contributed by atoms with van der Waals surface area (Å²) < 4.78 is 5.00. The first-order valence-corrected chi connectivity index (χ1v) is 6.45. The highest BCUT2D eigenvalue weighted by Crippen LogP contribution is 2.10. The molecule has 5 nitrogen and oxygen atoms in total.